The number of unbranched alkanes of at least 4 members (excludes halogenated alkanes) is 2. The molecule has 0 aromatic heterocycles. The SMILES string of the molecule is CCCC1CCC(c2ccc(C)cc2)CC1.CCCC1CCC(c2ccc(C)cc2)CC1.CCCC1CCC(c2ccc(C)cc2)CC1.CCCCCC1CCC(c2ccc(C)cc2)CC1. The van der Waals surface area contributed by atoms with Gasteiger partial charge in [0.2, 0.25) is 0 Å². The highest BCUT2D eigenvalue weighted by atomic mass is 14.3. The summed E-state index contributed by atoms with van der Waals surface area (Å²) in [6.45, 7) is 17.9. The molecule has 0 heteroatoms. The molecule has 4 fully saturated rings. The van der Waals surface area contributed by atoms with Gasteiger partial charge >= 0.3 is 0 Å². The molecule has 364 valence electrons. The summed E-state index contributed by atoms with van der Waals surface area (Å²) in [5.74, 6) is 7.45. The summed E-state index contributed by atoms with van der Waals surface area (Å²) in [7, 11) is 0. The van der Waals surface area contributed by atoms with Crippen LogP contribution in [0.2, 0.25) is 0 Å². The van der Waals surface area contributed by atoms with Crippen molar-refractivity contribution in [1.82, 2.24) is 0 Å². The zero-order valence-corrected chi connectivity index (χ0v) is 44.2. The summed E-state index contributed by atoms with van der Waals surface area (Å²) >= 11 is 0. The van der Waals surface area contributed by atoms with Crippen molar-refractivity contribution in [3.63, 3.8) is 0 Å². The first-order valence-electron chi connectivity index (χ1n) is 28.4. The molecule has 4 aromatic carbocycles. The van der Waals surface area contributed by atoms with Gasteiger partial charge in [0.1, 0.15) is 0 Å². The largest absolute Gasteiger partial charge is 0.0654 e. The lowest BCUT2D eigenvalue weighted by Gasteiger charge is -2.29. The molecule has 0 amide bonds. The van der Waals surface area contributed by atoms with Gasteiger partial charge in [-0.3, -0.25) is 0 Å². The highest BCUT2D eigenvalue weighted by molar-refractivity contribution is 5.27. The van der Waals surface area contributed by atoms with Gasteiger partial charge in [-0.1, -0.05) is 211 Å². The van der Waals surface area contributed by atoms with E-state index in [1.807, 2.05) is 0 Å². The predicted molar refractivity (Wildman–Crippen MR) is 292 cm³/mol. The predicted octanol–water partition coefficient (Wildman–Crippen LogP) is 21.1. The maximum atomic E-state index is 2.34. The number of benzene rings is 4. The smallest absolute Gasteiger partial charge is 0.0162 e. The van der Waals surface area contributed by atoms with E-state index in [0.29, 0.717) is 0 Å². The van der Waals surface area contributed by atoms with Gasteiger partial charge in [-0.05, 0) is 200 Å². The van der Waals surface area contributed by atoms with Crippen LogP contribution in [0.1, 0.15) is 263 Å². The van der Waals surface area contributed by atoms with Crippen LogP contribution in [-0.4, -0.2) is 0 Å². The highest BCUT2D eigenvalue weighted by Gasteiger charge is 2.25. The van der Waals surface area contributed by atoms with Crippen LogP contribution in [0.4, 0.5) is 0 Å². The van der Waals surface area contributed by atoms with Crippen molar-refractivity contribution in [2.24, 2.45) is 23.7 Å². The normalized spacial score (nSPS) is 25.2. The average molecular weight is 894 g/mol. The Kier molecular flexibility index (Phi) is 24.8. The molecule has 66 heavy (non-hydrogen) atoms. The van der Waals surface area contributed by atoms with E-state index >= 15 is 0 Å². The van der Waals surface area contributed by atoms with Gasteiger partial charge in [-0.15, -0.1) is 0 Å². The third-order valence-corrected chi connectivity index (χ3v) is 16.9. The number of aryl methyl sites for hydroxylation is 4. The van der Waals surface area contributed by atoms with E-state index in [1.165, 1.54) is 189 Å². The van der Waals surface area contributed by atoms with Crippen molar-refractivity contribution in [3.8, 4) is 0 Å². The molecule has 0 aliphatic heterocycles. The van der Waals surface area contributed by atoms with Crippen LogP contribution in [0.3, 0.4) is 0 Å². The van der Waals surface area contributed by atoms with Crippen LogP contribution in [0.15, 0.2) is 97.1 Å². The first kappa shape index (κ1) is 53.8. The minimum Gasteiger partial charge on any atom is -0.0654 e. The number of hydrogen-bond donors (Lipinski definition) is 0. The fourth-order valence-corrected chi connectivity index (χ4v) is 12.4. The lowest BCUT2D eigenvalue weighted by Crippen LogP contribution is -2.13. The van der Waals surface area contributed by atoms with Crippen LogP contribution < -0.4 is 0 Å². The van der Waals surface area contributed by atoms with E-state index in [2.05, 4.69) is 152 Å². The lowest BCUT2D eigenvalue weighted by molar-refractivity contribution is 0.303. The van der Waals surface area contributed by atoms with Crippen LogP contribution in [0, 0.1) is 51.4 Å². The Labute approximate surface area is 409 Å². The van der Waals surface area contributed by atoms with Gasteiger partial charge < -0.3 is 0 Å². The molecule has 0 spiro atoms. The molecular formula is C66H100. The van der Waals surface area contributed by atoms with Gasteiger partial charge in [-0.25, -0.2) is 0 Å². The quantitative estimate of drug-likeness (QED) is 0.111. The fraction of sp³-hybridized carbons (Fsp3) is 0.636. The summed E-state index contributed by atoms with van der Waals surface area (Å²) in [4.78, 5) is 0. The molecule has 0 bridgehead atoms. The van der Waals surface area contributed by atoms with Crippen LogP contribution >= 0.6 is 0 Å². The third kappa shape index (κ3) is 19.1. The summed E-state index contributed by atoms with van der Waals surface area (Å²) in [6, 6.07) is 36.8. The Hall–Kier alpha value is -3.12. The van der Waals surface area contributed by atoms with Gasteiger partial charge in [0.25, 0.3) is 0 Å². The minimum atomic E-state index is 0.841. The maximum absolute atomic E-state index is 2.34. The third-order valence-electron chi connectivity index (χ3n) is 16.9. The lowest BCUT2D eigenvalue weighted by atomic mass is 9.77. The molecule has 0 radical (unpaired) electrons. The summed E-state index contributed by atoms with van der Waals surface area (Å²) in [6.07, 6.45) is 37.1. The van der Waals surface area contributed by atoms with Gasteiger partial charge in [0.05, 0.1) is 0 Å². The van der Waals surface area contributed by atoms with Crippen LogP contribution in [-0.2, 0) is 0 Å². The Morgan fingerprint density at radius 1 is 0.258 bits per heavy atom. The van der Waals surface area contributed by atoms with Crippen molar-refractivity contribution >= 4 is 0 Å². The Bertz CT molecular complexity index is 1620. The van der Waals surface area contributed by atoms with E-state index in [9.17, 15) is 0 Å². The van der Waals surface area contributed by atoms with Gasteiger partial charge in [0, 0.05) is 0 Å². The number of hydrogen-bond acceptors (Lipinski definition) is 0. The molecule has 0 heterocycles. The molecular weight excluding hydrogens is 793 g/mol. The molecule has 4 saturated carbocycles. The second-order valence-corrected chi connectivity index (χ2v) is 22.4. The molecule has 0 N–H and O–H groups in total. The fourth-order valence-electron chi connectivity index (χ4n) is 12.4. The minimum absolute atomic E-state index is 0.841. The Morgan fingerprint density at radius 3 is 0.667 bits per heavy atom. The summed E-state index contributed by atoms with van der Waals surface area (Å²) in [5, 5.41) is 0. The molecule has 8 rings (SSSR count). The first-order valence-corrected chi connectivity index (χ1v) is 28.4. The van der Waals surface area contributed by atoms with Crippen molar-refractivity contribution in [2.45, 2.75) is 246 Å². The zero-order valence-electron chi connectivity index (χ0n) is 44.2. The van der Waals surface area contributed by atoms with Crippen molar-refractivity contribution in [3.05, 3.63) is 142 Å². The van der Waals surface area contributed by atoms with Crippen molar-refractivity contribution < 1.29 is 0 Å². The van der Waals surface area contributed by atoms with Crippen molar-refractivity contribution in [2.75, 3.05) is 0 Å². The Morgan fingerprint density at radius 2 is 0.470 bits per heavy atom. The monoisotopic (exact) mass is 893 g/mol. The zero-order chi connectivity index (χ0) is 46.9. The molecule has 4 aromatic rings. The summed E-state index contributed by atoms with van der Waals surface area (Å²) in [5.41, 5.74) is 11.8. The Balaban J connectivity index is 0.000000165. The first-order chi connectivity index (χ1) is 32.2. The van der Waals surface area contributed by atoms with E-state index in [0.717, 1.165) is 47.3 Å². The highest BCUT2D eigenvalue weighted by Crippen LogP contribution is 2.41. The molecule has 0 unspecified atom stereocenters. The molecule has 4 aliphatic rings. The van der Waals surface area contributed by atoms with Gasteiger partial charge in [-0.2, -0.15) is 0 Å². The van der Waals surface area contributed by atoms with Crippen LogP contribution in [0.25, 0.3) is 0 Å². The summed E-state index contributed by atoms with van der Waals surface area (Å²) < 4.78 is 0. The van der Waals surface area contributed by atoms with Crippen LogP contribution in [0.5, 0.6) is 0 Å². The standard InChI is InChI=1S/C18H28.3C16H24/c1-3-4-5-6-16-9-13-18(14-10-16)17-11-7-15(2)8-12-17;3*1-3-4-14-7-11-16(12-8-14)15-9-5-13(2)6-10-15/h7-8,11-12,16,18H,3-6,9-10,13-14H2,1-2H3;3*5-6,9-10,14,16H,3-4,7-8,11-12H2,1-2H3. The second kappa shape index (κ2) is 30.4. The van der Waals surface area contributed by atoms with Crippen molar-refractivity contribution in [1.29, 1.82) is 0 Å². The average Bonchev–Trinajstić information content (AvgIpc) is 3.35. The molecule has 0 atom stereocenters. The van der Waals surface area contributed by atoms with Gasteiger partial charge in [0.15, 0.2) is 0 Å². The van der Waals surface area contributed by atoms with E-state index in [4.69, 9.17) is 0 Å². The topological polar surface area (TPSA) is 0 Å². The number of rotatable bonds is 14. The second-order valence-electron chi connectivity index (χ2n) is 22.4. The molecule has 0 saturated heterocycles. The maximum Gasteiger partial charge on any atom is -0.0162 e. The molecule has 0 nitrogen and oxygen atoms in total. The van der Waals surface area contributed by atoms with E-state index in [-0.39, 0.29) is 0 Å². The molecule has 4 aliphatic carbocycles. The van der Waals surface area contributed by atoms with E-state index < -0.39 is 0 Å². The van der Waals surface area contributed by atoms with E-state index in [1.54, 1.807) is 22.3 Å².